The molecule has 2 unspecified atom stereocenters. The first-order chi connectivity index (χ1) is 11.3. The molecule has 23 heavy (non-hydrogen) atoms. The molecule has 0 aromatic rings. The maximum Gasteiger partial charge on any atom is 0.136 e. The van der Waals surface area contributed by atoms with Crippen LogP contribution in [0.3, 0.4) is 0 Å². The minimum atomic E-state index is 0.403. The highest BCUT2D eigenvalue weighted by molar-refractivity contribution is 5.83. The van der Waals surface area contributed by atoms with Crippen LogP contribution in [-0.2, 0) is 4.79 Å². The summed E-state index contributed by atoms with van der Waals surface area (Å²) in [7, 11) is 0. The van der Waals surface area contributed by atoms with Gasteiger partial charge in [-0.15, -0.1) is 0 Å². The molecule has 0 spiro atoms. The van der Waals surface area contributed by atoms with Crippen molar-refractivity contribution in [2.75, 3.05) is 0 Å². The van der Waals surface area contributed by atoms with E-state index >= 15 is 0 Å². The molecule has 9 aliphatic carbocycles. The summed E-state index contributed by atoms with van der Waals surface area (Å²) in [5.74, 6) is 9.88. The van der Waals surface area contributed by atoms with Crippen LogP contribution in [0.5, 0.6) is 0 Å². The van der Waals surface area contributed by atoms with Gasteiger partial charge < -0.3 is 0 Å². The van der Waals surface area contributed by atoms with Crippen molar-refractivity contribution in [2.24, 2.45) is 71.0 Å². The average molecular weight is 304 g/mol. The maximum atomic E-state index is 12.7. The fourth-order valence-corrected chi connectivity index (χ4v) is 8.51. The largest absolute Gasteiger partial charge is 0.299 e. The van der Waals surface area contributed by atoms with Crippen molar-refractivity contribution in [3.8, 4) is 0 Å². The molecule has 1 heteroatoms. The molecule has 6 bridgehead atoms. The van der Waals surface area contributed by atoms with E-state index in [-0.39, 0.29) is 0 Å². The molecule has 12 atom stereocenters. The Kier molecular flexibility index (Phi) is 2.01. The van der Waals surface area contributed by atoms with Gasteiger partial charge in [0.25, 0.3) is 0 Å². The molecule has 0 N–H and O–H groups in total. The third-order valence-electron chi connectivity index (χ3n) is 9.12. The zero-order valence-corrected chi connectivity index (χ0v) is 13.4. The van der Waals surface area contributed by atoms with Crippen molar-refractivity contribution in [3.63, 3.8) is 0 Å². The predicted octanol–water partition coefficient (Wildman–Crippen LogP) is 3.88. The van der Waals surface area contributed by atoms with E-state index in [1.807, 2.05) is 0 Å². The van der Waals surface area contributed by atoms with Crippen molar-refractivity contribution in [1.82, 2.24) is 0 Å². The second-order valence-electron chi connectivity index (χ2n) is 9.48. The highest BCUT2D eigenvalue weighted by Crippen LogP contribution is 2.75. The first-order valence-corrected chi connectivity index (χ1v) is 9.92. The highest BCUT2D eigenvalue weighted by atomic mass is 16.1. The summed E-state index contributed by atoms with van der Waals surface area (Å²) >= 11 is 0. The lowest BCUT2D eigenvalue weighted by Crippen LogP contribution is -2.65. The van der Waals surface area contributed by atoms with Crippen LogP contribution in [0.2, 0.25) is 0 Å². The topological polar surface area (TPSA) is 17.1 Å². The summed E-state index contributed by atoms with van der Waals surface area (Å²) in [6, 6.07) is 0. The normalized spacial score (nSPS) is 65.3. The molecule has 0 aliphatic heterocycles. The van der Waals surface area contributed by atoms with Crippen LogP contribution in [-0.4, -0.2) is 5.78 Å². The minimum Gasteiger partial charge on any atom is -0.299 e. The third-order valence-corrected chi connectivity index (χ3v) is 9.12. The SMILES string of the molecule is O=C1CCC[C@H]2[C@H]3C=C[C@@H]([C@@H]12)[C@@H]1[C@H]2C4[C@H]5C=CC(C=C[C@@H]45)[C@H]2[C@H]31. The fourth-order valence-electron chi connectivity index (χ4n) is 8.51. The Hall–Kier alpha value is -1.11. The summed E-state index contributed by atoms with van der Waals surface area (Å²) in [6.45, 7) is 0. The zero-order chi connectivity index (χ0) is 14.9. The highest BCUT2D eigenvalue weighted by Gasteiger charge is 2.72. The summed E-state index contributed by atoms with van der Waals surface area (Å²) in [5.41, 5.74) is 0. The van der Waals surface area contributed by atoms with Crippen LogP contribution in [0.25, 0.3) is 0 Å². The van der Waals surface area contributed by atoms with E-state index in [1.165, 1.54) is 6.42 Å². The van der Waals surface area contributed by atoms with Crippen molar-refractivity contribution >= 4 is 5.78 Å². The summed E-state index contributed by atoms with van der Waals surface area (Å²) in [6.07, 6.45) is 18.6. The first-order valence-electron chi connectivity index (χ1n) is 9.92. The van der Waals surface area contributed by atoms with Gasteiger partial charge in [0.1, 0.15) is 5.78 Å². The van der Waals surface area contributed by atoms with Crippen molar-refractivity contribution < 1.29 is 4.79 Å². The van der Waals surface area contributed by atoms with Crippen LogP contribution in [0.1, 0.15) is 19.3 Å². The smallest absolute Gasteiger partial charge is 0.136 e. The van der Waals surface area contributed by atoms with Crippen molar-refractivity contribution in [1.29, 1.82) is 0 Å². The Morgan fingerprint density at radius 1 is 0.696 bits per heavy atom. The Labute approximate surface area is 137 Å². The van der Waals surface area contributed by atoms with E-state index in [0.717, 1.165) is 60.2 Å². The van der Waals surface area contributed by atoms with Gasteiger partial charge in [0.2, 0.25) is 0 Å². The van der Waals surface area contributed by atoms with Crippen molar-refractivity contribution in [3.05, 3.63) is 36.5 Å². The number of carbonyl (C=O) groups excluding carboxylic acids is 1. The lowest BCUT2D eigenvalue weighted by molar-refractivity contribution is -0.180. The van der Waals surface area contributed by atoms with Gasteiger partial charge in [-0.25, -0.2) is 0 Å². The maximum absolute atomic E-state index is 12.7. The van der Waals surface area contributed by atoms with E-state index in [4.69, 9.17) is 0 Å². The quantitative estimate of drug-likeness (QED) is 0.621. The second kappa shape index (κ2) is 3.76. The summed E-state index contributed by atoms with van der Waals surface area (Å²) in [5, 5.41) is 0. The fraction of sp³-hybridized carbons (Fsp3) is 0.682. The number of hydrogen-bond acceptors (Lipinski definition) is 1. The molecule has 4 fully saturated rings. The van der Waals surface area contributed by atoms with Crippen LogP contribution >= 0.6 is 0 Å². The number of allylic oxidation sites excluding steroid dienone is 6. The molecule has 1 nitrogen and oxygen atoms in total. The molecular formula is C22H24O. The summed E-state index contributed by atoms with van der Waals surface area (Å²) < 4.78 is 0. The minimum absolute atomic E-state index is 0.403. The molecule has 0 heterocycles. The Morgan fingerprint density at radius 3 is 2.22 bits per heavy atom. The van der Waals surface area contributed by atoms with Crippen LogP contribution in [0, 0.1) is 71.0 Å². The molecule has 9 aliphatic rings. The Balaban J connectivity index is 1.36. The first kappa shape index (κ1) is 12.3. The Morgan fingerprint density at radius 2 is 1.39 bits per heavy atom. The van der Waals surface area contributed by atoms with Gasteiger partial charge in [-0.05, 0) is 77.9 Å². The third kappa shape index (κ3) is 1.23. The monoisotopic (exact) mass is 304 g/mol. The number of Topliss-reactive ketones (excluding diaryl/α,β-unsaturated/α-hetero) is 1. The molecule has 0 amide bonds. The number of ketones is 1. The van der Waals surface area contributed by atoms with E-state index in [1.54, 1.807) is 0 Å². The average Bonchev–Trinajstić information content (AvgIpc) is 3.28. The van der Waals surface area contributed by atoms with Crippen LogP contribution in [0.4, 0.5) is 0 Å². The number of hydrogen-bond donors (Lipinski definition) is 0. The standard InChI is InChI=1S/C22H24O/c23-16-3-1-2-11-14-8-9-15(18(11)16)21-20(14)17-10-4-6-12-13(7-5-10)19(12)22(17)21/h4-15,17-22H,1-3H2/t10?,11-,12-,13+,14+,15-,17-,18-,19?,20-,21-,22+/m0/s1. The molecule has 0 aromatic heterocycles. The van der Waals surface area contributed by atoms with Crippen LogP contribution < -0.4 is 0 Å². The molecule has 0 radical (unpaired) electrons. The Bertz CT molecular complexity index is 679. The lowest BCUT2D eigenvalue weighted by atomic mass is 9.36. The molecule has 0 saturated heterocycles. The molecule has 9 rings (SSSR count). The van der Waals surface area contributed by atoms with E-state index < -0.39 is 0 Å². The van der Waals surface area contributed by atoms with Gasteiger partial charge in [-0.1, -0.05) is 36.5 Å². The second-order valence-corrected chi connectivity index (χ2v) is 9.48. The van der Waals surface area contributed by atoms with E-state index in [2.05, 4.69) is 36.5 Å². The zero-order valence-electron chi connectivity index (χ0n) is 13.4. The van der Waals surface area contributed by atoms with E-state index in [0.29, 0.717) is 29.5 Å². The predicted molar refractivity (Wildman–Crippen MR) is 88.2 cm³/mol. The van der Waals surface area contributed by atoms with Gasteiger partial charge in [0.05, 0.1) is 0 Å². The molecule has 118 valence electrons. The van der Waals surface area contributed by atoms with Gasteiger partial charge in [0, 0.05) is 12.3 Å². The molecular weight excluding hydrogens is 280 g/mol. The molecule has 0 aromatic carbocycles. The van der Waals surface area contributed by atoms with Crippen LogP contribution in [0.15, 0.2) is 36.5 Å². The van der Waals surface area contributed by atoms with Crippen molar-refractivity contribution in [2.45, 2.75) is 19.3 Å². The van der Waals surface area contributed by atoms with Gasteiger partial charge in [0.15, 0.2) is 0 Å². The number of carbonyl (C=O) groups is 1. The van der Waals surface area contributed by atoms with Gasteiger partial charge in [-0.2, -0.15) is 0 Å². The van der Waals surface area contributed by atoms with E-state index in [9.17, 15) is 4.79 Å². The number of rotatable bonds is 0. The summed E-state index contributed by atoms with van der Waals surface area (Å²) in [4.78, 5) is 12.7. The van der Waals surface area contributed by atoms with Gasteiger partial charge >= 0.3 is 0 Å². The lowest BCUT2D eigenvalue weighted by Gasteiger charge is -2.67. The van der Waals surface area contributed by atoms with Gasteiger partial charge in [-0.3, -0.25) is 4.79 Å². The molecule has 4 saturated carbocycles.